The second-order valence-corrected chi connectivity index (χ2v) is 7.63. The number of fused-ring (bicyclic) bond motifs is 3. The van der Waals surface area contributed by atoms with Crippen LogP contribution in [-0.4, -0.2) is 47.5 Å². The minimum atomic E-state index is -0.668. The lowest BCUT2D eigenvalue weighted by atomic mass is 10.1. The Bertz CT molecular complexity index is 1150. The number of imidazole rings is 1. The molecule has 0 aliphatic carbocycles. The Morgan fingerprint density at radius 2 is 1.75 bits per heavy atom. The molecule has 32 heavy (non-hydrogen) atoms. The van der Waals surface area contributed by atoms with Crippen LogP contribution in [0.3, 0.4) is 0 Å². The molecular weight excluding hydrogens is 410 g/mol. The monoisotopic (exact) mass is 435 g/mol. The van der Waals surface area contributed by atoms with E-state index in [2.05, 4.69) is 15.6 Å². The number of hydrogen-bond donors (Lipinski definition) is 2. The van der Waals surface area contributed by atoms with Crippen LogP contribution in [0, 0.1) is 0 Å². The fraction of sp³-hybridized carbons (Fsp3) is 0.304. The summed E-state index contributed by atoms with van der Waals surface area (Å²) in [5, 5.41) is 5.51. The van der Waals surface area contributed by atoms with E-state index < -0.39 is 6.04 Å². The van der Waals surface area contributed by atoms with Crippen LogP contribution in [0.2, 0.25) is 0 Å². The number of hydrogen-bond acceptors (Lipinski definition) is 5. The molecule has 0 radical (unpaired) electrons. The maximum atomic E-state index is 13.2. The Balaban J connectivity index is 1.53. The van der Waals surface area contributed by atoms with Crippen LogP contribution in [0.15, 0.2) is 48.5 Å². The van der Waals surface area contributed by atoms with Gasteiger partial charge in [0.1, 0.15) is 6.04 Å². The van der Waals surface area contributed by atoms with Gasteiger partial charge in [-0.25, -0.2) is 4.98 Å². The summed E-state index contributed by atoms with van der Waals surface area (Å²) >= 11 is 0. The number of amides is 3. The van der Waals surface area contributed by atoms with Gasteiger partial charge in [0.15, 0.2) is 0 Å². The van der Waals surface area contributed by atoms with Gasteiger partial charge in [-0.05, 0) is 42.8 Å². The van der Waals surface area contributed by atoms with E-state index in [0.29, 0.717) is 36.9 Å². The topological polar surface area (TPSA) is 106 Å². The van der Waals surface area contributed by atoms with Crippen molar-refractivity contribution in [2.24, 2.45) is 0 Å². The van der Waals surface area contributed by atoms with Gasteiger partial charge in [-0.2, -0.15) is 0 Å². The largest absolute Gasteiger partial charge is 0.385 e. The van der Waals surface area contributed by atoms with E-state index in [-0.39, 0.29) is 24.1 Å². The van der Waals surface area contributed by atoms with E-state index >= 15 is 0 Å². The van der Waals surface area contributed by atoms with E-state index in [4.69, 9.17) is 4.74 Å². The first kappa shape index (κ1) is 21.5. The van der Waals surface area contributed by atoms with Crippen molar-refractivity contribution in [2.45, 2.75) is 25.8 Å². The highest BCUT2D eigenvalue weighted by Gasteiger charge is 2.40. The third-order valence-electron chi connectivity index (χ3n) is 5.28. The van der Waals surface area contributed by atoms with Crippen LogP contribution in [-0.2, 0) is 19.1 Å². The Morgan fingerprint density at radius 3 is 2.44 bits per heavy atom. The van der Waals surface area contributed by atoms with Gasteiger partial charge in [-0.1, -0.05) is 12.1 Å². The van der Waals surface area contributed by atoms with Crippen LogP contribution in [0.5, 0.6) is 0 Å². The summed E-state index contributed by atoms with van der Waals surface area (Å²) in [6.07, 6.45) is 0.658. The molecule has 1 atom stereocenters. The second kappa shape index (κ2) is 9.19. The number of carbonyl (C=O) groups is 3. The summed E-state index contributed by atoms with van der Waals surface area (Å²) < 4.78 is 6.97. The minimum absolute atomic E-state index is 0.0135. The van der Waals surface area contributed by atoms with Crippen LogP contribution in [0.25, 0.3) is 11.0 Å². The molecule has 2 aromatic carbocycles. The predicted molar refractivity (Wildman–Crippen MR) is 122 cm³/mol. The molecule has 0 fully saturated rings. The van der Waals surface area contributed by atoms with Gasteiger partial charge in [0, 0.05) is 38.6 Å². The van der Waals surface area contributed by atoms with Crippen molar-refractivity contribution in [3.63, 3.8) is 0 Å². The fourth-order valence-corrected chi connectivity index (χ4v) is 3.90. The number of para-hydroxylation sites is 2. The van der Waals surface area contributed by atoms with Crippen molar-refractivity contribution in [3.05, 3.63) is 48.5 Å². The summed E-state index contributed by atoms with van der Waals surface area (Å²) in [4.78, 5) is 43.4. The summed E-state index contributed by atoms with van der Waals surface area (Å²) in [5.74, 6) is -0.0340. The van der Waals surface area contributed by atoms with Crippen LogP contribution in [0.1, 0.15) is 25.8 Å². The molecule has 166 valence electrons. The summed E-state index contributed by atoms with van der Waals surface area (Å²) in [5.41, 5.74) is 2.83. The Morgan fingerprint density at radius 1 is 1.06 bits per heavy atom. The molecule has 0 saturated heterocycles. The number of rotatable bonds is 8. The summed E-state index contributed by atoms with van der Waals surface area (Å²) in [6, 6.07) is 13.7. The van der Waals surface area contributed by atoms with Crippen molar-refractivity contribution < 1.29 is 19.1 Å². The molecule has 0 spiro atoms. The number of ether oxygens (including phenoxy) is 1. The maximum Gasteiger partial charge on any atom is 0.253 e. The molecule has 1 aliphatic rings. The smallest absolute Gasteiger partial charge is 0.253 e. The maximum absolute atomic E-state index is 13.2. The SMILES string of the molecule is COCCCN1C(=O)[C@@H](CC(=O)Nc2ccc(NC(C)=O)cc2)n2c1nc1ccccc12. The third kappa shape index (κ3) is 4.33. The molecular formula is C23H25N5O4. The average Bonchev–Trinajstić information content (AvgIpc) is 3.25. The lowest BCUT2D eigenvalue weighted by Crippen LogP contribution is -2.32. The van der Waals surface area contributed by atoms with Crippen molar-refractivity contribution in [1.29, 1.82) is 0 Å². The quantitative estimate of drug-likeness (QED) is 0.529. The van der Waals surface area contributed by atoms with Crippen molar-refractivity contribution in [3.8, 4) is 0 Å². The number of anilines is 3. The zero-order chi connectivity index (χ0) is 22.7. The number of methoxy groups -OCH3 is 1. The second-order valence-electron chi connectivity index (χ2n) is 7.63. The van der Waals surface area contributed by atoms with E-state index in [1.807, 2.05) is 28.8 Å². The number of carbonyl (C=O) groups excluding carboxylic acids is 3. The standard InChI is InChI=1S/C23H25N5O4/c1-15(29)24-16-8-10-17(11-9-16)25-21(30)14-20-22(31)27(12-5-13-32-2)23-26-18-6-3-4-7-19(18)28(20)23/h3-4,6-11,20H,5,12-14H2,1-2H3,(H,24,29)(H,25,30)/t20-/m1/s1. The lowest BCUT2D eigenvalue weighted by Gasteiger charge is -2.15. The van der Waals surface area contributed by atoms with Crippen molar-refractivity contribution >= 4 is 46.1 Å². The Kier molecular flexibility index (Phi) is 6.18. The average molecular weight is 435 g/mol. The summed E-state index contributed by atoms with van der Waals surface area (Å²) in [7, 11) is 1.62. The molecule has 3 aromatic rings. The molecule has 9 heteroatoms. The number of benzene rings is 2. The van der Waals surface area contributed by atoms with E-state index in [9.17, 15) is 14.4 Å². The van der Waals surface area contributed by atoms with Crippen molar-refractivity contribution in [2.75, 3.05) is 35.8 Å². The predicted octanol–water partition coefficient (Wildman–Crippen LogP) is 2.95. The lowest BCUT2D eigenvalue weighted by molar-refractivity contribution is -0.124. The first-order valence-corrected chi connectivity index (χ1v) is 10.4. The molecule has 9 nitrogen and oxygen atoms in total. The highest BCUT2D eigenvalue weighted by Crippen LogP contribution is 2.36. The van der Waals surface area contributed by atoms with E-state index in [1.165, 1.54) is 6.92 Å². The highest BCUT2D eigenvalue weighted by molar-refractivity contribution is 6.05. The molecule has 1 aromatic heterocycles. The molecule has 2 N–H and O–H groups in total. The Labute approximate surface area is 185 Å². The van der Waals surface area contributed by atoms with Crippen LogP contribution >= 0.6 is 0 Å². The van der Waals surface area contributed by atoms with Gasteiger partial charge in [0.05, 0.1) is 17.5 Å². The van der Waals surface area contributed by atoms with Gasteiger partial charge in [-0.15, -0.1) is 0 Å². The molecule has 2 heterocycles. The molecule has 3 amide bonds. The first-order chi connectivity index (χ1) is 15.5. The van der Waals surface area contributed by atoms with Crippen LogP contribution < -0.4 is 15.5 Å². The minimum Gasteiger partial charge on any atom is -0.385 e. The number of nitrogens with one attached hydrogen (secondary N) is 2. The normalized spacial score (nSPS) is 15.1. The van der Waals surface area contributed by atoms with E-state index in [1.54, 1.807) is 36.3 Å². The van der Waals surface area contributed by atoms with E-state index in [0.717, 1.165) is 11.0 Å². The molecule has 0 unspecified atom stereocenters. The zero-order valence-corrected chi connectivity index (χ0v) is 18.0. The molecule has 0 saturated carbocycles. The van der Waals surface area contributed by atoms with Gasteiger partial charge >= 0.3 is 0 Å². The van der Waals surface area contributed by atoms with Gasteiger partial charge in [0.2, 0.25) is 17.8 Å². The number of nitrogens with zero attached hydrogens (tertiary/aromatic N) is 3. The Hall–Kier alpha value is -3.72. The third-order valence-corrected chi connectivity index (χ3v) is 5.28. The highest BCUT2D eigenvalue weighted by atomic mass is 16.5. The zero-order valence-electron chi connectivity index (χ0n) is 18.0. The molecule has 0 bridgehead atoms. The van der Waals surface area contributed by atoms with Gasteiger partial charge in [-0.3, -0.25) is 23.9 Å². The fourth-order valence-electron chi connectivity index (χ4n) is 3.90. The first-order valence-electron chi connectivity index (χ1n) is 10.4. The number of aromatic nitrogens is 2. The van der Waals surface area contributed by atoms with Crippen molar-refractivity contribution in [1.82, 2.24) is 9.55 Å². The molecule has 1 aliphatic heterocycles. The van der Waals surface area contributed by atoms with Gasteiger partial charge in [0.25, 0.3) is 5.91 Å². The van der Waals surface area contributed by atoms with Gasteiger partial charge < -0.3 is 15.4 Å². The molecule has 4 rings (SSSR count). The van der Waals surface area contributed by atoms with Crippen LogP contribution in [0.4, 0.5) is 17.3 Å². The summed E-state index contributed by atoms with van der Waals surface area (Å²) in [6.45, 7) is 2.43.